The van der Waals surface area contributed by atoms with Crippen molar-refractivity contribution in [2.24, 2.45) is 0 Å². The van der Waals surface area contributed by atoms with Gasteiger partial charge < -0.3 is 9.72 Å². The summed E-state index contributed by atoms with van der Waals surface area (Å²) in [6.07, 6.45) is 0. The van der Waals surface area contributed by atoms with E-state index >= 15 is 0 Å². The lowest BCUT2D eigenvalue weighted by molar-refractivity contribution is 0.181. The number of ether oxygens (including phenoxy) is 1. The van der Waals surface area contributed by atoms with E-state index in [0.717, 1.165) is 24.7 Å². The molecule has 0 fully saturated rings. The molecule has 0 atom stereocenters. The monoisotopic (exact) mass is 394 g/mol. The molecule has 90 valence electrons. The summed E-state index contributed by atoms with van der Waals surface area (Å²) in [5.41, 5.74) is 0.895. The van der Waals surface area contributed by atoms with E-state index in [1.54, 1.807) is 18.4 Å². The number of H-pyrrole nitrogens is 1. The van der Waals surface area contributed by atoms with Crippen LogP contribution in [0.3, 0.4) is 0 Å². The van der Waals surface area contributed by atoms with E-state index in [1.165, 1.54) is 0 Å². The third kappa shape index (κ3) is 3.03. The number of methoxy groups -OCH3 is 1. The van der Waals surface area contributed by atoms with Crippen LogP contribution < -0.4 is 0 Å². The van der Waals surface area contributed by atoms with Gasteiger partial charge in [-0.25, -0.2) is 4.98 Å². The van der Waals surface area contributed by atoms with Crippen molar-refractivity contribution < 1.29 is 4.74 Å². The molecule has 2 aromatic heterocycles. The summed E-state index contributed by atoms with van der Waals surface area (Å²) in [7, 11) is 1.64. The Morgan fingerprint density at radius 3 is 2.82 bits per heavy atom. The Morgan fingerprint density at radius 2 is 2.24 bits per heavy atom. The highest BCUT2D eigenvalue weighted by Crippen LogP contribution is 2.30. The molecule has 0 radical (unpaired) electrons. The third-order valence-corrected chi connectivity index (χ3v) is 5.07. The molecule has 0 amide bonds. The molecule has 3 nitrogen and oxygen atoms in total. The van der Waals surface area contributed by atoms with Gasteiger partial charge in [0.05, 0.1) is 25.4 Å². The fourth-order valence-electron chi connectivity index (χ4n) is 1.31. The average Bonchev–Trinajstić information content (AvgIpc) is 2.71. The van der Waals surface area contributed by atoms with Gasteiger partial charge in [-0.3, -0.25) is 0 Å². The van der Waals surface area contributed by atoms with Gasteiger partial charge in [0.15, 0.2) is 0 Å². The molecule has 2 aromatic rings. The minimum Gasteiger partial charge on any atom is -0.378 e. The Kier molecular flexibility index (Phi) is 4.48. The van der Waals surface area contributed by atoms with Crippen LogP contribution in [0.15, 0.2) is 20.4 Å². The standard InChI is InChI=1S/C10H8Br2N2OS2/c1-15-4-5-8(12)10(16)14-9(13-5)6-2-3-7(11)17-6/h2-3H,4H2,1H3,(H,13,14,16). The number of nitrogens with one attached hydrogen (secondary N) is 1. The Bertz CT molecular complexity index is 594. The number of aromatic nitrogens is 2. The fraction of sp³-hybridized carbons (Fsp3) is 0.200. The first-order valence-corrected chi connectivity index (χ1v) is 7.46. The Balaban J connectivity index is 2.52. The molecule has 0 saturated heterocycles. The third-order valence-electron chi connectivity index (χ3n) is 2.03. The smallest absolute Gasteiger partial charge is 0.149 e. The second-order valence-corrected chi connectivity index (χ2v) is 6.86. The highest BCUT2D eigenvalue weighted by molar-refractivity contribution is 9.11. The van der Waals surface area contributed by atoms with Crippen LogP contribution >= 0.6 is 55.4 Å². The van der Waals surface area contributed by atoms with Gasteiger partial charge in [0.1, 0.15) is 10.5 Å². The lowest BCUT2D eigenvalue weighted by atomic mass is 10.4. The number of thiophene rings is 1. The molecule has 0 bridgehead atoms. The van der Waals surface area contributed by atoms with Gasteiger partial charge in [-0.2, -0.15) is 0 Å². The van der Waals surface area contributed by atoms with Crippen molar-refractivity contribution in [1.29, 1.82) is 0 Å². The number of nitrogens with zero attached hydrogens (tertiary/aromatic N) is 1. The zero-order valence-corrected chi connectivity index (χ0v) is 13.6. The van der Waals surface area contributed by atoms with Crippen LogP contribution in [0.25, 0.3) is 10.7 Å². The van der Waals surface area contributed by atoms with Crippen molar-refractivity contribution in [3.05, 3.63) is 30.7 Å². The first kappa shape index (κ1) is 13.4. The molecular formula is C10H8Br2N2OS2. The topological polar surface area (TPSA) is 37.9 Å². The normalized spacial score (nSPS) is 10.8. The quantitative estimate of drug-likeness (QED) is 0.775. The second-order valence-electron chi connectivity index (χ2n) is 3.22. The van der Waals surface area contributed by atoms with Gasteiger partial charge in [0.25, 0.3) is 0 Å². The van der Waals surface area contributed by atoms with Gasteiger partial charge in [-0.1, -0.05) is 12.2 Å². The van der Waals surface area contributed by atoms with Crippen molar-refractivity contribution in [1.82, 2.24) is 9.97 Å². The molecule has 17 heavy (non-hydrogen) atoms. The summed E-state index contributed by atoms with van der Waals surface area (Å²) in [5, 5.41) is 0. The highest BCUT2D eigenvalue weighted by atomic mass is 79.9. The number of aromatic amines is 1. The Labute approximate surface area is 125 Å². The van der Waals surface area contributed by atoms with Crippen molar-refractivity contribution in [3.8, 4) is 10.7 Å². The van der Waals surface area contributed by atoms with E-state index in [2.05, 4.69) is 41.8 Å². The minimum absolute atomic E-state index is 0.465. The van der Waals surface area contributed by atoms with Crippen LogP contribution in [0.1, 0.15) is 5.69 Å². The van der Waals surface area contributed by atoms with Crippen LogP contribution in [0.5, 0.6) is 0 Å². The molecule has 0 spiro atoms. The molecule has 0 unspecified atom stereocenters. The van der Waals surface area contributed by atoms with Gasteiger partial charge in [-0.15, -0.1) is 11.3 Å². The number of hydrogen-bond acceptors (Lipinski definition) is 4. The average molecular weight is 396 g/mol. The lowest BCUT2D eigenvalue weighted by Gasteiger charge is -2.06. The number of hydrogen-bond donors (Lipinski definition) is 1. The number of rotatable bonds is 3. The van der Waals surface area contributed by atoms with Crippen LogP contribution in [0, 0.1) is 4.64 Å². The molecule has 7 heteroatoms. The first-order chi connectivity index (χ1) is 8.11. The molecular weight excluding hydrogens is 388 g/mol. The maximum atomic E-state index is 5.21. The Morgan fingerprint density at radius 1 is 1.47 bits per heavy atom. The molecule has 1 N–H and O–H groups in total. The summed E-state index contributed by atoms with van der Waals surface area (Å²) in [6.45, 7) is 0.465. The van der Waals surface area contributed by atoms with Gasteiger partial charge >= 0.3 is 0 Å². The SMILES string of the molecule is COCc1[nH]c(-c2ccc(Br)s2)nc(=S)c1Br. The van der Waals surface area contributed by atoms with Crippen LogP contribution in [0.2, 0.25) is 0 Å². The maximum Gasteiger partial charge on any atom is 0.149 e. The molecule has 2 heterocycles. The second kappa shape index (κ2) is 5.71. The van der Waals surface area contributed by atoms with Crippen LogP contribution in [-0.2, 0) is 11.3 Å². The highest BCUT2D eigenvalue weighted by Gasteiger charge is 2.09. The molecule has 2 rings (SSSR count). The summed E-state index contributed by atoms with van der Waals surface area (Å²) in [5.74, 6) is 0.765. The van der Waals surface area contributed by atoms with Gasteiger partial charge in [0, 0.05) is 7.11 Å². The van der Waals surface area contributed by atoms with Crippen molar-refractivity contribution in [2.75, 3.05) is 7.11 Å². The van der Waals surface area contributed by atoms with Gasteiger partial charge in [0.2, 0.25) is 0 Å². The van der Waals surface area contributed by atoms with E-state index in [4.69, 9.17) is 17.0 Å². The fourth-order valence-corrected chi connectivity index (χ4v) is 3.16. The molecule has 0 aliphatic carbocycles. The van der Waals surface area contributed by atoms with E-state index in [0.29, 0.717) is 11.2 Å². The summed E-state index contributed by atoms with van der Waals surface area (Å²) < 4.78 is 7.50. The van der Waals surface area contributed by atoms with Crippen molar-refractivity contribution in [3.63, 3.8) is 0 Å². The maximum absolute atomic E-state index is 5.21. The molecule has 0 aliphatic rings. The predicted octanol–water partition coefficient (Wildman–Crippen LogP) is 4.54. The predicted molar refractivity (Wildman–Crippen MR) is 78.8 cm³/mol. The van der Waals surface area contributed by atoms with Gasteiger partial charge in [-0.05, 0) is 44.0 Å². The van der Waals surface area contributed by atoms with Crippen LogP contribution in [-0.4, -0.2) is 17.1 Å². The van der Waals surface area contributed by atoms with Crippen LogP contribution in [0.4, 0.5) is 0 Å². The van der Waals surface area contributed by atoms with Crippen molar-refractivity contribution in [2.45, 2.75) is 6.61 Å². The van der Waals surface area contributed by atoms with E-state index in [-0.39, 0.29) is 0 Å². The zero-order chi connectivity index (χ0) is 12.4. The molecule has 0 aliphatic heterocycles. The van der Waals surface area contributed by atoms with E-state index < -0.39 is 0 Å². The summed E-state index contributed by atoms with van der Waals surface area (Å²) >= 11 is 13.6. The van der Waals surface area contributed by atoms with Crippen molar-refractivity contribution >= 4 is 55.4 Å². The zero-order valence-electron chi connectivity index (χ0n) is 8.79. The molecule has 0 saturated carbocycles. The first-order valence-electron chi connectivity index (χ1n) is 4.65. The van der Waals surface area contributed by atoms with E-state index in [9.17, 15) is 0 Å². The molecule has 0 aromatic carbocycles. The largest absolute Gasteiger partial charge is 0.378 e. The van der Waals surface area contributed by atoms with E-state index in [1.807, 2.05) is 12.1 Å². The number of halogens is 2. The lowest BCUT2D eigenvalue weighted by Crippen LogP contribution is -1.99. The summed E-state index contributed by atoms with van der Waals surface area (Å²) in [6, 6.07) is 3.98. The summed E-state index contributed by atoms with van der Waals surface area (Å²) in [4.78, 5) is 8.60. The minimum atomic E-state index is 0.465. The Hall–Kier alpha value is -0.0800.